The fourth-order valence-electron chi connectivity index (χ4n) is 3.03. The number of nitrogens with zero attached hydrogens (tertiary/aromatic N) is 3. The Bertz CT molecular complexity index is 1230. The molecule has 0 aliphatic rings. The number of rotatable bonds is 5. The van der Waals surface area contributed by atoms with Crippen LogP contribution in [0.25, 0.3) is 11.3 Å². The van der Waals surface area contributed by atoms with Crippen LogP contribution in [0.15, 0.2) is 65.7 Å². The smallest absolute Gasteiger partial charge is 0.282 e. The first-order valence-corrected chi connectivity index (χ1v) is 8.79. The number of ether oxygens (including phenoxy) is 1. The molecule has 5 nitrogen and oxygen atoms in total. The number of halogens is 3. The molecule has 1 aromatic carbocycles. The van der Waals surface area contributed by atoms with E-state index < -0.39 is 6.43 Å². The van der Waals surface area contributed by atoms with Crippen molar-refractivity contribution in [3.8, 4) is 11.4 Å². The SMILES string of the molecule is Cc1c(C(F)F)nc2ccc(-n3ccc(OCc4ccc(F)cc4)cc3=O)cn12. The van der Waals surface area contributed by atoms with Gasteiger partial charge in [0.1, 0.15) is 29.5 Å². The van der Waals surface area contributed by atoms with Gasteiger partial charge in [-0.05, 0) is 42.8 Å². The molecule has 3 heterocycles. The second-order valence-corrected chi connectivity index (χ2v) is 6.48. The van der Waals surface area contributed by atoms with E-state index in [1.165, 1.54) is 27.2 Å². The third kappa shape index (κ3) is 3.73. The Kier molecular flexibility index (Phi) is 4.84. The van der Waals surface area contributed by atoms with Crippen LogP contribution in [-0.4, -0.2) is 14.0 Å². The van der Waals surface area contributed by atoms with Gasteiger partial charge in [-0.15, -0.1) is 0 Å². The molecule has 0 saturated carbocycles. The van der Waals surface area contributed by atoms with Gasteiger partial charge in [-0.3, -0.25) is 9.36 Å². The zero-order valence-electron chi connectivity index (χ0n) is 15.3. The summed E-state index contributed by atoms with van der Waals surface area (Å²) < 4.78 is 47.5. The van der Waals surface area contributed by atoms with Gasteiger partial charge in [-0.2, -0.15) is 0 Å². The van der Waals surface area contributed by atoms with Gasteiger partial charge in [0.05, 0.1) is 5.69 Å². The highest BCUT2D eigenvalue weighted by Gasteiger charge is 2.17. The van der Waals surface area contributed by atoms with E-state index in [-0.39, 0.29) is 23.7 Å². The minimum Gasteiger partial charge on any atom is -0.489 e. The molecule has 0 bridgehead atoms. The fourth-order valence-corrected chi connectivity index (χ4v) is 3.03. The Morgan fingerprint density at radius 2 is 1.86 bits per heavy atom. The molecule has 148 valence electrons. The van der Waals surface area contributed by atoms with E-state index in [1.807, 2.05) is 0 Å². The normalized spacial score (nSPS) is 11.3. The van der Waals surface area contributed by atoms with Crippen LogP contribution >= 0.6 is 0 Å². The molecule has 0 saturated heterocycles. The molecule has 0 fully saturated rings. The molecular formula is C21H16F3N3O2. The Morgan fingerprint density at radius 3 is 2.55 bits per heavy atom. The topological polar surface area (TPSA) is 48.5 Å². The van der Waals surface area contributed by atoms with Crippen molar-refractivity contribution in [1.82, 2.24) is 14.0 Å². The summed E-state index contributed by atoms with van der Waals surface area (Å²) in [5, 5.41) is 0. The van der Waals surface area contributed by atoms with Gasteiger partial charge in [0.15, 0.2) is 0 Å². The van der Waals surface area contributed by atoms with E-state index in [0.717, 1.165) is 5.56 Å². The zero-order valence-corrected chi connectivity index (χ0v) is 15.3. The average Bonchev–Trinajstić information content (AvgIpc) is 3.04. The Labute approximate surface area is 163 Å². The lowest BCUT2D eigenvalue weighted by Crippen LogP contribution is -2.17. The number of aryl methyl sites for hydroxylation is 1. The van der Waals surface area contributed by atoms with E-state index in [1.54, 1.807) is 49.6 Å². The van der Waals surface area contributed by atoms with Crippen molar-refractivity contribution in [3.63, 3.8) is 0 Å². The van der Waals surface area contributed by atoms with Crippen LogP contribution in [0.3, 0.4) is 0 Å². The fraction of sp³-hybridized carbons (Fsp3) is 0.143. The zero-order chi connectivity index (χ0) is 20.5. The van der Waals surface area contributed by atoms with Crippen LogP contribution < -0.4 is 10.3 Å². The number of pyridine rings is 2. The molecule has 0 atom stereocenters. The van der Waals surface area contributed by atoms with Crippen LogP contribution in [0.5, 0.6) is 5.75 Å². The van der Waals surface area contributed by atoms with Crippen molar-refractivity contribution in [3.05, 3.63) is 94.0 Å². The quantitative estimate of drug-likeness (QED) is 0.498. The number of hydrogen-bond acceptors (Lipinski definition) is 3. The number of aromatic nitrogens is 3. The van der Waals surface area contributed by atoms with Crippen molar-refractivity contribution in [2.45, 2.75) is 20.0 Å². The molecule has 4 rings (SSSR count). The Morgan fingerprint density at radius 1 is 1.10 bits per heavy atom. The third-order valence-corrected chi connectivity index (χ3v) is 4.57. The first-order valence-electron chi connectivity index (χ1n) is 8.79. The minimum absolute atomic E-state index is 0.195. The van der Waals surface area contributed by atoms with Crippen molar-refractivity contribution in [2.24, 2.45) is 0 Å². The predicted octanol–water partition coefficient (Wildman–Crippen LogP) is 4.45. The van der Waals surface area contributed by atoms with Crippen molar-refractivity contribution >= 4 is 5.65 Å². The summed E-state index contributed by atoms with van der Waals surface area (Å²) in [5.74, 6) is 0.0394. The van der Waals surface area contributed by atoms with Crippen LogP contribution in [0.4, 0.5) is 13.2 Å². The summed E-state index contributed by atoms with van der Waals surface area (Å²) in [6.07, 6.45) is 0.465. The first-order chi connectivity index (χ1) is 13.9. The van der Waals surface area contributed by atoms with Crippen molar-refractivity contribution in [1.29, 1.82) is 0 Å². The molecular weight excluding hydrogens is 383 g/mol. The van der Waals surface area contributed by atoms with Crippen LogP contribution in [0, 0.1) is 12.7 Å². The maximum Gasteiger partial charge on any atom is 0.282 e. The highest BCUT2D eigenvalue weighted by atomic mass is 19.3. The van der Waals surface area contributed by atoms with Gasteiger partial charge in [-0.1, -0.05) is 12.1 Å². The summed E-state index contributed by atoms with van der Waals surface area (Å²) in [7, 11) is 0. The standard InChI is InChI=1S/C21H16F3N3O2/c1-13-20(21(23)24)25-18-7-6-16(11-27(13)18)26-9-8-17(10-19(26)28)29-12-14-2-4-15(22)5-3-14/h2-11,21H,12H2,1H3. The number of benzene rings is 1. The molecule has 0 unspecified atom stereocenters. The number of imidazole rings is 1. The minimum atomic E-state index is -2.67. The molecule has 29 heavy (non-hydrogen) atoms. The first kappa shape index (κ1) is 18.8. The molecule has 4 aromatic rings. The maximum absolute atomic E-state index is 13.0. The van der Waals surface area contributed by atoms with E-state index >= 15 is 0 Å². The summed E-state index contributed by atoms with van der Waals surface area (Å²) in [4.78, 5) is 16.4. The van der Waals surface area contributed by atoms with E-state index in [0.29, 0.717) is 22.8 Å². The molecule has 0 N–H and O–H groups in total. The monoisotopic (exact) mass is 399 g/mol. The summed E-state index contributed by atoms with van der Waals surface area (Å²) >= 11 is 0. The summed E-state index contributed by atoms with van der Waals surface area (Å²) in [6, 6.07) is 12.1. The third-order valence-electron chi connectivity index (χ3n) is 4.57. The van der Waals surface area contributed by atoms with Gasteiger partial charge in [0.2, 0.25) is 0 Å². The number of hydrogen-bond donors (Lipinski definition) is 0. The van der Waals surface area contributed by atoms with Crippen LogP contribution in [-0.2, 0) is 6.61 Å². The van der Waals surface area contributed by atoms with Gasteiger partial charge in [-0.25, -0.2) is 18.2 Å². The molecule has 0 aliphatic heterocycles. The maximum atomic E-state index is 13.0. The Balaban J connectivity index is 1.59. The molecule has 8 heteroatoms. The highest BCUT2D eigenvalue weighted by molar-refractivity contribution is 5.48. The molecule has 0 aliphatic carbocycles. The number of alkyl halides is 2. The van der Waals surface area contributed by atoms with Crippen LogP contribution in [0.1, 0.15) is 23.4 Å². The van der Waals surface area contributed by atoms with Gasteiger partial charge >= 0.3 is 0 Å². The van der Waals surface area contributed by atoms with E-state index in [9.17, 15) is 18.0 Å². The summed E-state index contributed by atoms with van der Waals surface area (Å²) in [6.45, 7) is 1.75. The molecule has 3 aromatic heterocycles. The van der Waals surface area contributed by atoms with Crippen molar-refractivity contribution in [2.75, 3.05) is 0 Å². The summed E-state index contributed by atoms with van der Waals surface area (Å²) in [5.41, 5.74) is 1.37. The molecule has 0 amide bonds. The number of fused-ring (bicyclic) bond motifs is 1. The van der Waals surface area contributed by atoms with Gasteiger partial charge in [0, 0.05) is 24.2 Å². The van der Waals surface area contributed by atoms with Gasteiger partial charge < -0.3 is 9.14 Å². The second kappa shape index (κ2) is 7.46. The average molecular weight is 399 g/mol. The van der Waals surface area contributed by atoms with Crippen molar-refractivity contribution < 1.29 is 17.9 Å². The van der Waals surface area contributed by atoms with E-state index in [2.05, 4.69) is 4.98 Å². The lowest BCUT2D eigenvalue weighted by molar-refractivity contribution is 0.146. The molecule has 0 spiro atoms. The van der Waals surface area contributed by atoms with E-state index in [4.69, 9.17) is 4.74 Å². The Hall–Kier alpha value is -3.55. The predicted molar refractivity (Wildman–Crippen MR) is 101 cm³/mol. The second-order valence-electron chi connectivity index (χ2n) is 6.48. The highest BCUT2D eigenvalue weighted by Crippen LogP contribution is 2.23. The van der Waals surface area contributed by atoms with Gasteiger partial charge in [0.25, 0.3) is 12.0 Å². The largest absolute Gasteiger partial charge is 0.489 e. The lowest BCUT2D eigenvalue weighted by Gasteiger charge is -2.10. The van der Waals surface area contributed by atoms with Crippen LogP contribution in [0.2, 0.25) is 0 Å². The lowest BCUT2D eigenvalue weighted by atomic mass is 10.2. The molecule has 0 radical (unpaired) electrons.